The van der Waals surface area contributed by atoms with Crippen LogP contribution >= 0.6 is 0 Å². The number of hydrogen-bond donors (Lipinski definition) is 2. The molecule has 0 unspecified atom stereocenters. The minimum absolute atomic E-state index is 0.0270. The van der Waals surface area contributed by atoms with E-state index in [9.17, 15) is 15.0 Å². The van der Waals surface area contributed by atoms with Gasteiger partial charge in [-0.15, -0.1) is 0 Å². The average Bonchev–Trinajstić information content (AvgIpc) is 2.89. The summed E-state index contributed by atoms with van der Waals surface area (Å²) in [5.41, 5.74) is -0.425. The summed E-state index contributed by atoms with van der Waals surface area (Å²) < 4.78 is 12.0. The molecule has 2 heterocycles. The number of carbonyl (C=O) groups is 1. The summed E-state index contributed by atoms with van der Waals surface area (Å²) in [6, 6.07) is 0. The monoisotopic (exact) mass is 418 g/mol. The fourth-order valence-corrected chi connectivity index (χ4v) is 7.77. The van der Waals surface area contributed by atoms with Crippen molar-refractivity contribution in [1.82, 2.24) is 0 Å². The quantitative estimate of drug-likeness (QED) is 0.655. The van der Waals surface area contributed by atoms with E-state index in [1.54, 1.807) is 13.0 Å². The molecule has 5 heteroatoms. The summed E-state index contributed by atoms with van der Waals surface area (Å²) >= 11 is 0. The summed E-state index contributed by atoms with van der Waals surface area (Å²) in [5, 5.41) is 22.4. The Morgan fingerprint density at radius 2 is 1.87 bits per heavy atom. The van der Waals surface area contributed by atoms with Gasteiger partial charge in [-0.25, -0.2) is 4.79 Å². The van der Waals surface area contributed by atoms with Gasteiger partial charge in [-0.2, -0.15) is 0 Å². The number of esters is 1. The molecule has 1 saturated heterocycles. The first kappa shape index (κ1) is 22.0. The highest BCUT2D eigenvalue weighted by Gasteiger charge is 2.65. The van der Waals surface area contributed by atoms with E-state index >= 15 is 0 Å². The Bertz CT molecular complexity index is 797. The SMILES string of the molecule is CC1=CC(=O)O/C1=C\[C@H](O)[C@@]1(C)CC[C@@H]2[C@@]3(C)CCCC(C)(C)[C@@H]3[C@@H](O)C[C@@]2(C)O1. The van der Waals surface area contributed by atoms with Gasteiger partial charge in [0, 0.05) is 12.5 Å². The Morgan fingerprint density at radius 3 is 2.50 bits per heavy atom. The molecule has 2 N–H and O–H groups in total. The second kappa shape index (κ2) is 6.91. The van der Waals surface area contributed by atoms with Crippen LogP contribution in [-0.2, 0) is 14.3 Å². The zero-order valence-electron chi connectivity index (χ0n) is 19.3. The third kappa shape index (κ3) is 3.28. The Labute approximate surface area is 180 Å². The van der Waals surface area contributed by atoms with Gasteiger partial charge in [0.2, 0.25) is 0 Å². The van der Waals surface area contributed by atoms with Crippen LogP contribution in [0.15, 0.2) is 23.5 Å². The molecule has 0 aromatic carbocycles. The fourth-order valence-electron chi connectivity index (χ4n) is 7.77. The highest BCUT2D eigenvalue weighted by molar-refractivity contribution is 5.88. The van der Waals surface area contributed by atoms with Crippen LogP contribution < -0.4 is 0 Å². The summed E-state index contributed by atoms with van der Waals surface area (Å²) in [4.78, 5) is 11.5. The van der Waals surface area contributed by atoms with E-state index in [1.165, 1.54) is 12.5 Å². The molecule has 4 rings (SSSR count). The fraction of sp³-hybridized carbons (Fsp3) is 0.800. The minimum Gasteiger partial charge on any atom is -0.423 e. The van der Waals surface area contributed by atoms with Gasteiger partial charge in [-0.3, -0.25) is 0 Å². The first-order chi connectivity index (χ1) is 13.8. The molecule has 0 aromatic heterocycles. The van der Waals surface area contributed by atoms with E-state index in [-0.39, 0.29) is 16.7 Å². The number of hydrogen-bond acceptors (Lipinski definition) is 5. The van der Waals surface area contributed by atoms with Crippen molar-refractivity contribution in [3.8, 4) is 0 Å². The molecule has 168 valence electrons. The van der Waals surface area contributed by atoms with Crippen molar-refractivity contribution in [2.45, 2.75) is 103 Å². The van der Waals surface area contributed by atoms with Crippen LogP contribution in [0.1, 0.15) is 80.1 Å². The molecule has 0 radical (unpaired) electrons. The highest BCUT2D eigenvalue weighted by atomic mass is 16.5. The summed E-state index contributed by atoms with van der Waals surface area (Å²) in [6.07, 6.45) is 7.46. The van der Waals surface area contributed by atoms with Crippen molar-refractivity contribution in [3.05, 3.63) is 23.5 Å². The largest absolute Gasteiger partial charge is 0.423 e. The van der Waals surface area contributed by atoms with Gasteiger partial charge < -0.3 is 19.7 Å². The molecule has 0 bridgehead atoms. The number of carbonyl (C=O) groups excluding carboxylic acids is 1. The lowest BCUT2D eigenvalue weighted by Gasteiger charge is -2.66. The third-order valence-electron chi connectivity index (χ3n) is 8.89. The molecule has 7 atom stereocenters. The standard InChI is InChI=1S/C25H38O5/c1-15-12-20(28)29-17(15)13-19(27)24(5)11-8-18-23(4)10-7-9-22(2,3)21(23)16(26)14-25(18,6)30-24/h12-13,16,18-19,21,26-27H,7-11,14H2,1-6H3/b17-13-/t16-,18+,19-,21-,23+,24+,25+/m0/s1. The van der Waals surface area contributed by atoms with Gasteiger partial charge in [0.25, 0.3) is 0 Å². The predicted octanol–water partition coefficient (Wildman–Crippen LogP) is 4.28. The van der Waals surface area contributed by atoms with Gasteiger partial charge >= 0.3 is 5.97 Å². The van der Waals surface area contributed by atoms with E-state index < -0.39 is 29.4 Å². The number of aliphatic hydroxyl groups is 2. The molecule has 2 aliphatic carbocycles. The molecule has 0 aromatic rings. The zero-order valence-corrected chi connectivity index (χ0v) is 19.3. The van der Waals surface area contributed by atoms with Crippen LogP contribution in [0.3, 0.4) is 0 Å². The average molecular weight is 419 g/mol. The van der Waals surface area contributed by atoms with Gasteiger partial charge in [0.05, 0.1) is 17.3 Å². The van der Waals surface area contributed by atoms with E-state index in [0.717, 1.165) is 31.3 Å². The normalized spacial score (nSPS) is 47.9. The maximum absolute atomic E-state index is 11.5. The van der Waals surface area contributed by atoms with Crippen LogP contribution in [-0.4, -0.2) is 39.6 Å². The molecular weight excluding hydrogens is 380 g/mol. The first-order valence-corrected chi connectivity index (χ1v) is 11.5. The van der Waals surface area contributed by atoms with Crippen molar-refractivity contribution in [1.29, 1.82) is 0 Å². The van der Waals surface area contributed by atoms with Crippen LogP contribution in [0, 0.1) is 22.7 Å². The molecule has 4 aliphatic rings. The van der Waals surface area contributed by atoms with Crippen LogP contribution in [0.25, 0.3) is 0 Å². The molecular formula is C25H38O5. The van der Waals surface area contributed by atoms with Crippen molar-refractivity contribution < 1.29 is 24.5 Å². The predicted molar refractivity (Wildman–Crippen MR) is 114 cm³/mol. The van der Waals surface area contributed by atoms with Gasteiger partial charge in [-0.1, -0.05) is 27.2 Å². The van der Waals surface area contributed by atoms with E-state index in [2.05, 4.69) is 27.7 Å². The number of rotatable bonds is 2. The maximum atomic E-state index is 11.5. The lowest BCUT2D eigenvalue weighted by Crippen LogP contribution is -2.67. The van der Waals surface area contributed by atoms with Crippen LogP contribution in [0.2, 0.25) is 0 Å². The van der Waals surface area contributed by atoms with Gasteiger partial charge in [0.15, 0.2) is 0 Å². The van der Waals surface area contributed by atoms with Crippen molar-refractivity contribution in [2.24, 2.45) is 22.7 Å². The molecule has 30 heavy (non-hydrogen) atoms. The minimum atomic E-state index is -0.898. The number of cyclic esters (lactones) is 1. The van der Waals surface area contributed by atoms with Crippen molar-refractivity contribution >= 4 is 5.97 Å². The lowest BCUT2D eigenvalue weighted by atomic mass is 9.43. The summed E-state index contributed by atoms with van der Waals surface area (Å²) in [6.45, 7) is 12.8. The van der Waals surface area contributed by atoms with Crippen LogP contribution in [0.4, 0.5) is 0 Å². The maximum Gasteiger partial charge on any atom is 0.336 e. The van der Waals surface area contributed by atoms with E-state index in [0.29, 0.717) is 18.1 Å². The number of ether oxygens (including phenoxy) is 2. The Hall–Kier alpha value is -1.17. The molecule has 3 fully saturated rings. The van der Waals surface area contributed by atoms with E-state index in [4.69, 9.17) is 9.47 Å². The second-order valence-electron chi connectivity index (χ2n) is 11.6. The lowest BCUT2D eigenvalue weighted by molar-refractivity contribution is -0.299. The van der Waals surface area contributed by atoms with Gasteiger partial charge in [0.1, 0.15) is 11.9 Å². The number of aliphatic hydroxyl groups excluding tert-OH is 2. The van der Waals surface area contributed by atoms with Crippen LogP contribution in [0.5, 0.6) is 0 Å². The molecule has 0 spiro atoms. The van der Waals surface area contributed by atoms with Gasteiger partial charge in [-0.05, 0) is 80.8 Å². The van der Waals surface area contributed by atoms with Crippen molar-refractivity contribution in [3.63, 3.8) is 0 Å². The Morgan fingerprint density at radius 1 is 1.17 bits per heavy atom. The highest BCUT2D eigenvalue weighted by Crippen LogP contribution is 2.65. The third-order valence-corrected chi connectivity index (χ3v) is 8.89. The zero-order chi connectivity index (χ0) is 22.1. The smallest absolute Gasteiger partial charge is 0.336 e. The molecule has 0 amide bonds. The van der Waals surface area contributed by atoms with Crippen molar-refractivity contribution in [2.75, 3.05) is 0 Å². The number of allylic oxidation sites excluding steroid dienone is 1. The topological polar surface area (TPSA) is 76.0 Å². The Kier molecular flexibility index (Phi) is 5.08. The Balaban J connectivity index is 1.61. The molecule has 2 aliphatic heterocycles. The summed E-state index contributed by atoms with van der Waals surface area (Å²) in [5.74, 6) is 0.621. The molecule has 2 saturated carbocycles. The number of fused-ring (bicyclic) bond motifs is 3. The summed E-state index contributed by atoms with van der Waals surface area (Å²) in [7, 11) is 0. The second-order valence-corrected chi connectivity index (χ2v) is 11.6. The molecule has 5 nitrogen and oxygen atoms in total. The van der Waals surface area contributed by atoms with E-state index in [1.807, 2.05) is 6.92 Å². The first-order valence-electron chi connectivity index (χ1n) is 11.5.